The lowest BCUT2D eigenvalue weighted by molar-refractivity contribution is -0.127. The average Bonchev–Trinajstić information content (AvgIpc) is 2.36. The van der Waals surface area contributed by atoms with Gasteiger partial charge in [0.05, 0.1) is 6.61 Å². The Balaban J connectivity index is 2.52. The van der Waals surface area contributed by atoms with Crippen molar-refractivity contribution >= 4 is 5.91 Å². The third kappa shape index (κ3) is 4.75. The van der Waals surface area contributed by atoms with Gasteiger partial charge >= 0.3 is 0 Å². The summed E-state index contributed by atoms with van der Waals surface area (Å²) >= 11 is 0. The number of ether oxygens (including phenoxy) is 1. The predicted octanol–water partition coefficient (Wildman–Crippen LogP) is 1.72. The van der Waals surface area contributed by atoms with Crippen LogP contribution in [0.5, 0.6) is 5.75 Å². The molecule has 0 radical (unpaired) electrons. The number of hydrogen-bond acceptors (Lipinski definition) is 3. The van der Waals surface area contributed by atoms with Crippen LogP contribution in [0.1, 0.15) is 26.3 Å². The predicted molar refractivity (Wildman–Crippen MR) is 70.3 cm³/mol. The van der Waals surface area contributed by atoms with Crippen molar-refractivity contribution in [2.45, 2.75) is 33.5 Å². The lowest BCUT2D eigenvalue weighted by atomic mass is 10.2. The van der Waals surface area contributed by atoms with Crippen molar-refractivity contribution in [2.24, 2.45) is 5.92 Å². The van der Waals surface area contributed by atoms with Crippen LogP contribution in [0, 0.1) is 5.92 Å². The topological polar surface area (TPSA) is 58.6 Å². The van der Waals surface area contributed by atoms with Crippen LogP contribution < -0.4 is 10.1 Å². The Bertz CT molecular complexity index is 390. The summed E-state index contributed by atoms with van der Waals surface area (Å²) in [5, 5.41) is 11.8. The van der Waals surface area contributed by atoms with Gasteiger partial charge in [-0.05, 0) is 30.5 Å². The van der Waals surface area contributed by atoms with Crippen LogP contribution in [0.2, 0.25) is 0 Å². The number of nitrogens with one attached hydrogen (secondary N) is 1. The molecule has 0 saturated heterocycles. The van der Waals surface area contributed by atoms with E-state index < -0.39 is 6.10 Å². The van der Waals surface area contributed by atoms with Crippen molar-refractivity contribution in [1.29, 1.82) is 0 Å². The number of carbonyl (C=O) groups is 1. The molecule has 1 aromatic rings. The van der Waals surface area contributed by atoms with E-state index in [0.29, 0.717) is 18.2 Å². The Morgan fingerprint density at radius 1 is 1.39 bits per heavy atom. The van der Waals surface area contributed by atoms with Crippen molar-refractivity contribution in [1.82, 2.24) is 5.32 Å². The fourth-order valence-electron chi connectivity index (χ4n) is 1.42. The number of aliphatic hydroxyl groups is 1. The molecule has 4 heteroatoms. The van der Waals surface area contributed by atoms with E-state index in [9.17, 15) is 4.79 Å². The van der Waals surface area contributed by atoms with E-state index in [0.717, 1.165) is 5.56 Å². The number of rotatable bonds is 6. The maximum atomic E-state index is 11.7. The van der Waals surface area contributed by atoms with E-state index in [1.807, 2.05) is 13.8 Å². The molecule has 0 aliphatic rings. The number of carbonyl (C=O) groups excluding carboxylic acids is 1. The maximum absolute atomic E-state index is 11.7. The highest BCUT2D eigenvalue weighted by Crippen LogP contribution is 2.14. The zero-order valence-corrected chi connectivity index (χ0v) is 11.1. The molecule has 4 nitrogen and oxygen atoms in total. The summed E-state index contributed by atoms with van der Waals surface area (Å²) in [7, 11) is 0. The third-order valence-corrected chi connectivity index (χ3v) is 2.45. The molecule has 0 aromatic heterocycles. The van der Waals surface area contributed by atoms with Crippen LogP contribution in [0.15, 0.2) is 24.3 Å². The molecule has 18 heavy (non-hydrogen) atoms. The molecule has 1 aromatic carbocycles. The molecule has 0 aliphatic heterocycles. The van der Waals surface area contributed by atoms with Gasteiger partial charge in [0.2, 0.25) is 0 Å². The van der Waals surface area contributed by atoms with Crippen LogP contribution in [0.4, 0.5) is 0 Å². The molecule has 1 amide bonds. The van der Waals surface area contributed by atoms with Crippen LogP contribution in [-0.2, 0) is 11.4 Å². The Kier molecular flexibility index (Phi) is 5.65. The minimum atomic E-state index is -0.544. The molecule has 1 unspecified atom stereocenters. The second-order valence-corrected chi connectivity index (χ2v) is 4.70. The van der Waals surface area contributed by atoms with Gasteiger partial charge < -0.3 is 15.2 Å². The van der Waals surface area contributed by atoms with Crippen LogP contribution in [0.3, 0.4) is 0 Å². The van der Waals surface area contributed by atoms with Gasteiger partial charge in [-0.15, -0.1) is 0 Å². The smallest absolute Gasteiger partial charge is 0.260 e. The summed E-state index contributed by atoms with van der Waals surface area (Å²) < 4.78 is 5.53. The molecule has 100 valence electrons. The first-order chi connectivity index (χ1) is 8.52. The van der Waals surface area contributed by atoms with Crippen molar-refractivity contribution in [2.75, 3.05) is 6.54 Å². The van der Waals surface area contributed by atoms with Gasteiger partial charge in [0.1, 0.15) is 5.75 Å². The molecule has 0 spiro atoms. The van der Waals surface area contributed by atoms with Crippen LogP contribution in [0.25, 0.3) is 0 Å². The van der Waals surface area contributed by atoms with Gasteiger partial charge in [0.25, 0.3) is 5.91 Å². The molecule has 0 bridgehead atoms. The molecular weight excluding hydrogens is 230 g/mol. The van der Waals surface area contributed by atoms with Crippen molar-refractivity contribution in [3.8, 4) is 5.75 Å². The highest BCUT2D eigenvalue weighted by Gasteiger charge is 2.14. The summed E-state index contributed by atoms with van der Waals surface area (Å²) in [6.07, 6.45) is -0.544. The van der Waals surface area contributed by atoms with E-state index in [-0.39, 0.29) is 12.5 Å². The highest BCUT2D eigenvalue weighted by atomic mass is 16.5. The molecule has 1 rings (SSSR count). The summed E-state index contributed by atoms with van der Waals surface area (Å²) in [4.78, 5) is 11.7. The van der Waals surface area contributed by atoms with Gasteiger partial charge in [-0.1, -0.05) is 26.0 Å². The van der Waals surface area contributed by atoms with Gasteiger partial charge in [-0.25, -0.2) is 0 Å². The lowest BCUT2D eigenvalue weighted by Gasteiger charge is -2.16. The number of amides is 1. The Hall–Kier alpha value is -1.55. The molecule has 1 atom stereocenters. The molecule has 0 aliphatic carbocycles. The van der Waals surface area contributed by atoms with E-state index in [2.05, 4.69) is 5.32 Å². The zero-order chi connectivity index (χ0) is 13.5. The zero-order valence-electron chi connectivity index (χ0n) is 11.1. The first-order valence-electron chi connectivity index (χ1n) is 6.17. The molecule has 2 N–H and O–H groups in total. The van der Waals surface area contributed by atoms with Crippen molar-refractivity contribution < 1.29 is 14.6 Å². The first kappa shape index (κ1) is 14.5. The maximum Gasteiger partial charge on any atom is 0.260 e. The summed E-state index contributed by atoms with van der Waals surface area (Å²) in [5.41, 5.74) is 0.766. The van der Waals surface area contributed by atoms with Gasteiger partial charge in [0, 0.05) is 6.54 Å². The molecule has 0 saturated carbocycles. The van der Waals surface area contributed by atoms with Crippen LogP contribution in [-0.4, -0.2) is 23.7 Å². The fourth-order valence-corrected chi connectivity index (χ4v) is 1.42. The van der Waals surface area contributed by atoms with Crippen LogP contribution >= 0.6 is 0 Å². The van der Waals surface area contributed by atoms with E-state index >= 15 is 0 Å². The fraction of sp³-hybridized carbons (Fsp3) is 0.500. The van der Waals surface area contributed by atoms with Crippen molar-refractivity contribution in [3.63, 3.8) is 0 Å². The van der Waals surface area contributed by atoms with E-state index in [1.165, 1.54) is 0 Å². The highest BCUT2D eigenvalue weighted by molar-refractivity contribution is 5.80. The quantitative estimate of drug-likeness (QED) is 0.809. The second-order valence-electron chi connectivity index (χ2n) is 4.70. The summed E-state index contributed by atoms with van der Waals surface area (Å²) in [6, 6.07) is 7.09. The molecule has 0 fully saturated rings. The van der Waals surface area contributed by atoms with Gasteiger partial charge in [-0.2, -0.15) is 0 Å². The monoisotopic (exact) mass is 251 g/mol. The van der Waals surface area contributed by atoms with Gasteiger partial charge in [-0.3, -0.25) is 4.79 Å². The normalized spacial score (nSPS) is 12.3. The standard InChI is InChI=1S/C14H21NO3/c1-10(2)8-15-14(17)11(3)18-13-6-4-5-12(7-13)9-16/h4-7,10-11,16H,8-9H2,1-3H3,(H,15,17). The SMILES string of the molecule is CC(C)CNC(=O)C(C)Oc1cccc(CO)c1. The minimum absolute atomic E-state index is 0.0366. The largest absolute Gasteiger partial charge is 0.481 e. The van der Waals surface area contributed by atoms with Crippen molar-refractivity contribution in [3.05, 3.63) is 29.8 Å². The summed E-state index contributed by atoms with van der Waals surface area (Å²) in [5.74, 6) is 0.880. The number of aliphatic hydroxyl groups excluding tert-OH is 1. The third-order valence-electron chi connectivity index (χ3n) is 2.45. The Labute approximate surface area is 108 Å². The first-order valence-corrected chi connectivity index (χ1v) is 6.17. The van der Waals surface area contributed by atoms with E-state index in [4.69, 9.17) is 9.84 Å². The number of hydrogen-bond donors (Lipinski definition) is 2. The second kappa shape index (κ2) is 7.01. The molecule has 0 heterocycles. The number of benzene rings is 1. The van der Waals surface area contributed by atoms with Gasteiger partial charge in [0.15, 0.2) is 6.10 Å². The summed E-state index contributed by atoms with van der Waals surface area (Å²) in [6.45, 7) is 6.39. The van der Waals surface area contributed by atoms with E-state index in [1.54, 1.807) is 31.2 Å². The average molecular weight is 251 g/mol. The Morgan fingerprint density at radius 2 is 2.11 bits per heavy atom. The minimum Gasteiger partial charge on any atom is -0.481 e. The lowest BCUT2D eigenvalue weighted by Crippen LogP contribution is -2.38. The molecular formula is C14H21NO3. The Morgan fingerprint density at radius 3 is 2.72 bits per heavy atom.